The van der Waals surface area contributed by atoms with E-state index >= 15 is 0 Å². The van der Waals surface area contributed by atoms with Gasteiger partial charge in [-0.2, -0.15) is 5.10 Å². The van der Waals surface area contributed by atoms with Crippen molar-refractivity contribution in [1.82, 2.24) is 15.1 Å². The van der Waals surface area contributed by atoms with Crippen molar-refractivity contribution in [1.29, 1.82) is 0 Å². The molecular formula is C23H18BrN5O2. The molecule has 3 aromatic rings. The largest absolute Gasteiger partial charge is 0.352 e. The maximum absolute atomic E-state index is 13.8. The van der Waals surface area contributed by atoms with Crippen LogP contribution in [0.3, 0.4) is 0 Å². The summed E-state index contributed by atoms with van der Waals surface area (Å²) in [6.07, 6.45) is 0.606. The summed E-state index contributed by atoms with van der Waals surface area (Å²) in [7, 11) is 0. The minimum absolute atomic E-state index is 0.231. The van der Waals surface area contributed by atoms with Gasteiger partial charge in [0.2, 0.25) is 5.91 Å². The molecule has 1 atom stereocenters. The monoisotopic (exact) mass is 475 g/mol. The van der Waals surface area contributed by atoms with E-state index in [1.54, 1.807) is 0 Å². The molecule has 4 heterocycles. The number of para-hydroxylation sites is 1. The molecule has 8 heteroatoms. The molecule has 7 nitrogen and oxygen atoms in total. The van der Waals surface area contributed by atoms with Gasteiger partial charge in [-0.05, 0) is 31.2 Å². The predicted octanol–water partition coefficient (Wildman–Crippen LogP) is 3.38. The normalized spacial score (nSPS) is 21.2. The molecule has 0 saturated heterocycles. The number of hydrogen-bond acceptors (Lipinski definition) is 4. The van der Waals surface area contributed by atoms with Gasteiger partial charge in [0.1, 0.15) is 11.2 Å². The highest BCUT2D eigenvalue weighted by molar-refractivity contribution is 9.10. The van der Waals surface area contributed by atoms with Crippen molar-refractivity contribution in [2.75, 3.05) is 17.2 Å². The van der Waals surface area contributed by atoms with Gasteiger partial charge in [0.05, 0.1) is 17.0 Å². The molecule has 1 aromatic heterocycles. The summed E-state index contributed by atoms with van der Waals surface area (Å²) in [5.74, 6) is 0.248. The molecule has 0 saturated carbocycles. The van der Waals surface area contributed by atoms with E-state index in [1.165, 1.54) is 0 Å². The van der Waals surface area contributed by atoms with E-state index in [1.807, 2.05) is 60.1 Å². The van der Waals surface area contributed by atoms with E-state index in [-0.39, 0.29) is 11.8 Å². The summed E-state index contributed by atoms with van der Waals surface area (Å²) in [6, 6.07) is 15.4. The molecule has 2 amide bonds. The van der Waals surface area contributed by atoms with Crippen LogP contribution in [0.2, 0.25) is 0 Å². The zero-order valence-corrected chi connectivity index (χ0v) is 18.2. The fourth-order valence-corrected chi connectivity index (χ4v) is 5.77. The summed E-state index contributed by atoms with van der Waals surface area (Å²) in [5.41, 5.74) is 3.65. The number of anilines is 2. The molecule has 0 fully saturated rings. The predicted molar refractivity (Wildman–Crippen MR) is 120 cm³/mol. The first kappa shape index (κ1) is 18.4. The Kier molecular flexibility index (Phi) is 3.74. The average molecular weight is 476 g/mol. The van der Waals surface area contributed by atoms with Gasteiger partial charge in [0.25, 0.3) is 5.91 Å². The van der Waals surface area contributed by atoms with E-state index in [0.717, 1.165) is 27.2 Å². The Labute approximate surface area is 186 Å². The highest BCUT2D eigenvalue weighted by Gasteiger charge is 2.60. The summed E-state index contributed by atoms with van der Waals surface area (Å²) in [4.78, 5) is 27.0. The molecule has 0 radical (unpaired) electrons. The lowest BCUT2D eigenvalue weighted by molar-refractivity contribution is -0.123. The van der Waals surface area contributed by atoms with E-state index in [0.29, 0.717) is 35.5 Å². The Hall–Kier alpha value is -3.39. The van der Waals surface area contributed by atoms with Gasteiger partial charge in [-0.15, -0.1) is 0 Å². The number of fused-ring (bicyclic) bond motifs is 5. The quantitative estimate of drug-likeness (QED) is 0.503. The van der Waals surface area contributed by atoms with Crippen LogP contribution in [0.1, 0.15) is 23.2 Å². The third-order valence-electron chi connectivity index (χ3n) is 6.25. The minimum Gasteiger partial charge on any atom is -0.352 e. The fraction of sp³-hybridized carbons (Fsp3) is 0.174. The fourth-order valence-electron chi connectivity index (χ4n) is 5.10. The van der Waals surface area contributed by atoms with Crippen molar-refractivity contribution in [3.8, 4) is 5.69 Å². The number of carbonyl (C=O) groups excluding carboxylic acids is 2. The molecule has 1 spiro atoms. The van der Waals surface area contributed by atoms with Gasteiger partial charge >= 0.3 is 0 Å². The summed E-state index contributed by atoms with van der Waals surface area (Å²) < 4.78 is 2.60. The topological polar surface area (TPSA) is 88.1 Å². The number of rotatable bonds is 1. The lowest BCUT2D eigenvalue weighted by atomic mass is 9.66. The van der Waals surface area contributed by atoms with E-state index in [4.69, 9.17) is 5.10 Å². The van der Waals surface area contributed by atoms with E-state index < -0.39 is 5.41 Å². The van der Waals surface area contributed by atoms with Crippen LogP contribution in [-0.4, -0.2) is 28.1 Å². The van der Waals surface area contributed by atoms with Crippen LogP contribution in [-0.2, 0) is 15.0 Å². The first-order valence-electron chi connectivity index (χ1n) is 10.1. The summed E-state index contributed by atoms with van der Waals surface area (Å²) in [5, 5.41) is 14.2. The Bertz CT molecular complexity index is 1330. The molecule has 1 unspecified atom stereocenters. The van der Waals surface area contributed by atoms with Crippen molar-refractivity contribution >= 4 is 39.2 Å². The highest BCUT2D eigenvalue weighted by atomic mass is 79.9. The van der Waals surface area contributed by atoms with Gasteiger partial charge < -0.3 is 16.0 Å². The minimum atomic E-state index is -1.28. The Morgan fingerprint density at radius 3 is 2.65 bits per heavy atom. The van der Waals surface area contributed by atoms with Gasteiger partial charge in [0.15, 0.2) is 0 Å². The smallest absolute Gasteiger partial charge is 0.250 e. The standard InChI is InChI=1S/C23H18BrN5O2/c1-12-17-20(29(28-12)13-6-3-2-4-7-13)26-16-10-11-25-21(30)19(16)23(17)18-14(24)8-5-9-15(18)27-22(23)31/h2-9,26H,10-11H2,1H3,(H,25,30)(H,27,31). The molecule has 3 N–H and O–H groups in total. The van der Waals surface area contributed by atoms with Crippen LogP contribution < -0.4 is 16.0 Å². The second kappa shape index (κ2) is 6.31. The van der Waals surface area contributed by atoms with E-state index in [2.05, 4.69) is 31.9 Å². The van der Waals surface area contributed by atoms with Gasteiger partial charge in [-0.25, -0.2) is 4.68 Å². The Balaban J connectivity index is 1.76. The maximum atomic E-state index is 13.8. The number of hydrogen-bond donors (Lipinski definition) is 3. The number of amides is 2. The lowest BCUT2D eigenvalue weighted by Crippen LogP contribution is -2.50. The number of aromatic nitrogens is 2. The van der Waals surface area contributed by atoms with Crippen molar-refractivity contribution in [3.63, 3.8) is 0 Å². The molecule has 6 rings (SSSR count). The number of halogens is 1. The third kappa shape index (κ3) is 2.25. The molecule has 2 aromatic carbocycles. The second-order valence-electron chi connectivity index (χ2n) is 7.91. The van der Waals surface area contributed by atoms with Crippen LogP contribution in [0.4, 0.5) is 11.5 Å². The van der Waals surface area contributed by atoms with Crippen molar-refractivity contribution < 1.29 is 9.59 Å². The number of nitrogens with zero attached hydrogens (tertiary/aromatic N) is 2. The Morgan fingerprint density at radius 1 is 1.03 bits per heavy atom. The van der Waals surface area contributed by atoms with E-state index in [9.17, 15) is 9.59 Å². The van der Waals surface area contributed by atoms with Crippen LogP contribution in [0.15, 0.2) is 64.3 Å². The first-order chi connectivity index (χ1) is 15.0. The van der Waals surface area contributed by atoms with Crippen LogP contribution in [0, 0.1) is 6.92 Å². The van der Waals surface area contributed by atoms with Crippen LogP contribution in [0.5, 0.6) is 0 Å². The average Bonchev–Trinajstić information content (AvgIpc) is 3.24. The second-order valence-corrected chi connectivity index (χ2v) is 8.76. The molecule has 0 aliphatic carbocycles. The molecule has 154 valence electrons. The maximum Gasteiger partial charge on any atom is 0.250 e. The molecular weight excluding hydrogens is 458 g/mol. The molecule has 3 aliphatic rings. The van der Waals surface area contributed by atoms with Gasteiger partial charge in [-0.3, -0.25) is 9.59 Å². The van der Waals surface area contributed by atoms with Crippen LogP contribution in [0.25, 0.3) is 5.69 Å². The lowest BCUT2D eigenvalue weighted by Gasteiger charge is -2.39. The molecule has 0 bridgehead atoms. The SMILES string of the molecule is Cc1nn(-c2ccccc2)c2c1C1(C(=O)Nc3cccc(Br)c31)C1=C(CCNC1=O)N2. The molecule has 31 heavy (non-hydrogen) atoms. The Morgan fingerprint density at radius 2 is 1.84 bits per heavy atom. The van der Waals surface area contributed by atoms with Gasteiger partial charge in [-0.1, -0.05) is 40.2 Å². The first-order valence-corrected chi connectivity index (χ1v) is 10.9. The number of benzene rings is 2. The zero-order chi connectivity index (χ0) is 21.3. The highest BCUT2D eigenvalue weighted by Crippen LogP contribution is 2.57. The number of aryl methyl sites for hydroxylation is 1. The number of nitrogens with one attached hydrogen (secondary N) is 3. The number of carbonyl (C=O) groups is 2. The van der Waals surface area contributed by atoms with Crippen molar-refractivity contribution in [2.24, 2.45) is 0 Å². The summed E-state index contributed by atoms with van der Waals surface area (Å²) >= 11 is 3.66. The van der Waals surface area contributed by atoms with Crippen molar-refractivity contribution in [3.05, 3.63) is 81.1 Å². The zero-order valence-electron chi connectivity index (χ0n) is 16.6. The van der Waals surface area contributed by atoms with Gasteiger partial charge in [0, 0.05) is 39.9 Å². The summed E-state index contributed by atoms with van der Waals surface area (Å²) in [6.45, 7) is 2.40. The molecule has 3 aliphatic heterocycles. The van der Waals surface area contributed by atoms with Crippen LogP contribution >= 0.6 is 15.9 Å². The third-order valence-corrected chi connectivity index (χ3v) is 6.91. The van der Waals surface area contributed by atoms with Crippen molar-refractivity contribution in [2.45, 2.75) is 18.8 Å².